The highest BCUT2D eigenvalue weighted by molar-refractivity contribution is 6.31. The number of fused-ring (bicyclic) bond motifs is 2. The molecule has 4 rings (SSSR count). The quantitative estimate of drug-likeness (QED) is 0.405. The predicted molar refractivity (Wildman–Crippen MR) is 93.4 cm³/mol. The molecule has 0 saturated heterocycles. The van der Waals surface area contributed by atoms with Crippen molar-refractivity contribution in [1.82, 2.24) is 0 Å². The zero-order chi connectivity index (χ0) is 17.6. The van der Waals surface area contributed by atoms with Gasteiger partial charge in [0.15, 0.2) is 0 Å². The van der Waals surface area contributed by atoms with E-state index >= 15 is 0 Å². The van der Waals surface area contributed by atoms with E-state index in [-0.39, 0.29) is 11.1 Å². The van der Waals surface area contributed by atoms with Gasteiger partial charge < -0.3 is 8.83 Å². The largest absolute Gasteiger partial charge is 0.422 e. The first-order valence-corrected chi connectivity index (χ1v) is 7.72. The Morgan fingerprint density at radius 3 is 2.08 bits per heavy atom. The highest BCUT2D eigenvalue weighted by atomic mass is 35.5. The van der Waals surface area contributed by atoms with Crippen molar-refractivity contribution in [3.8, 4) is 0 Å². The molecule has 0 unspecified atom stereocenters. The molecule has 0 atom stereocenters. The van der Waals surface area contributed by atoms with Crippen LogP contribution in [0.25, 0.3) is 21.9 Å². The lowest BCUT2D eigenvalue weighted by atomic mass is 10.0. The normalized spacial score (nSPS) is 11.1. The van der Waals surface area contributed by atoms with E-state index in [1.54, 1.807) is 36.4 Å². The molecule has 0 radical (unpaired) electrons. The van der Waals surface area contributed by atoms with Crippen molar-refractivity contribution in [1.29, 1.82) is 0 Å². The molecule has 5 nitrogen and oxygen atoms in total. The van der Waals surface area contributed by atoms with E-state index in [2.05, 4.69) is 0 Å². The summed E-state index contributed by atoms with van der Waals surface area (Å²) in [5, 5.41) is 1.50. The molecular weight excluding hydrogens is 344 g/mol. The Kier molecular flexibility index (Phi) is 3.51. The SMILES string of the molecule is O=C(c1cc2ccccc2oc1=O)c1cc2cc(Cl)ccc2oc1=O. The van der Waals surface area contributed by atoms with Gasteiger partial charge in [0.2, 0.25) is 5.78 Å². The van der Waals surface area contributed by atoms with Crippen LogP contribution in [0.1, 0.15) is 15.9 Å². The Morgan fingerprint density at radius 2 is 1.36 bits per heavy atom. The van der Waals surface area contributed by atoms with Crippen molar-refractivity contribution in [3.63, 3.8) is 0 Å². The summed E-state index contributed by atoms with van der Waals surface area (Å²) in [4.78, 5) is 37.0. The van der Waals surface area contributed by atoms with Crippen LogP contribution < -0.4 is 11.3 Å². The minimum Gasteiger partial charge on any atom is -0.422 e. The summed E-state index contributed by atoms with van der Waals surface area (Å²) in [5.41, 5.74) is -1.45. The maximum atomic E-state index is 12.7. The monoisotopic (exact) mass is 352 g/mol. The first-order chi connectivity index (χ1) is 12.0. The highest BCUT2D eigenvalue weighted by Gasteiger charge is 2.20. The third-order valence-corrected chi connectivity index (χ3v) is 4.06. The summed E-state index contributed by atoms with van der Waals surface area (Å²) in [6.07, 6.45) is 0. The molecular formula is C19H9ClO5. The second kappa shape index (κ2) is 5.72. The van der Waals surface area contributed by atoms with Gasteiger partial charge in [0.05, 0.1) is 0 Å². The van der Waals surface area contributed by atoms with Gasteiger partial charge in [-0.05, 0) is 36.4 Å². The molecule has 2 aromatic carbocycles. The third kappa shape index (κ3) is 2.64. The molecule has 0 saturated carbocycles. The van der Waals surface area contributed by atoms with Gasteiger partial charge in [-0.25, -0.2) is 9.59 Å². The summed E-state index contributed by atoms with van der Waals surface area (Å²) < 4.78 is 10.3. The van der Waals surface area contributed by atoms with Gasteiger partial charge in [-0.15, -0.1) is 0 Å². The van der Waals surface area contributed by atoms with E-state index in [1.165, 1.54) is 18.2 Å². The van der Waals surface area contributed by atoms with Crippen LogP contribution in [-0.4, -0.2) is 5.78 Å². The van der Waals surface area contributed by atoms with Gasteiger partial charge in [0.1, 0.15) is 22.3 Å². The Balaban J connectivity index is 1.93. The molecule has 0 N–H and O–H groups in total. The molecule has 25 heavy (non-hydrogen) atoms. The number of carbonyl (C=O) groups excluding carboxylic acids is 1. The maximum absolute atomic E-state index is 12.7. The lowest BCUT2D eigenvalue weighted by Crippen LogP contribution is -2.20. The Morgan fingerprint density at radius 1 is 0.760 bits per heavy atom. The van der Waals surface area contributed by atoms with Crippen molar-refractivity contribution in [2.45, 2.75) is 0 Å². The summed E-state index contributed by atoms with van der Waals surface area (Å²) in [6, 6.07) is 14.3. The van der Waals surface area contributed by atoms with Crippen molar-refractivity contribution >= 4 is 39.3 Å². The number of ketones is 1. The van der Waals surface area contributed by atoms with Gasteiger partial charge in [-0.3, -0.25) is 4.79 Å². The minimum atomic E-state index is -0.826. The Bertz CT molecular complexity index is 1270. The highest BCUT2D eigenvalue weighted by Crippen LogP contribution is 2.20. The van der Waals surface area contributed by atoms with Crippen LogP contribution in [0.15, 0.2) is 73.0 Å². The number of para-hydroxylation sites is 1. The van der Waals surface area contributed by atoms with E-state index < -0.39 is 17.0 Å². The molecule has 2 heterocycles. The van der Waals surface area contributed by atoms with Crippen LogP contribution in [0.5, 0.6) is 0 Å². The van der Waals surface area contributed by atoms with Gasteiger partial charge in [0.25, 0.3) is 0 Å². The van der Waals surface area contributed by atoms with Gasteiger partial charge in [0, 0.05) is 15.8 Å². The summed E-state index contributed by atoms with van der Waals surface area (Å²) in [5.74, 6) is -0.755. The molecule has 0 aliphatic heterocycles. The van der Waals surface area contributed by atoms with Crippen molar-refractivity contribution in [2.24, 2.45) is 0 Å². The lowest BCUT2D eigenvalue weighted by molar-refractivity contribution is 0.103. The molecule has 122 valence electrons. The molecule has 0 aliphatic carbocycles. The molecule has 4 aromatic rings. The summed E-state index contributed by atoms with van der Waals surface area (Å²) in [6.45, 7) is 0. The van der Waals surface area contributed by atoms with Gasteiger partial charge in [-0.2, -0.15) is 0 Å². The predicted octanol–water partition coefficient (Wildman–Crippen LogP) is 3.78. The average Bonchev–Trinajstić information content (AvgIpc) is 2.60. The maximum Gasteiger partial charge on any atom is 0.347 e. The van der Waals surface area contributed by atoms with E-state index in [4.69, 9.17) is 20.4 Å². The standard InChI is InChI=1S/C19H9ClO5/c20-12-5-6-16-11(7-12)9-14(19(23)25-16)17(21)13-8-10-3-1-2-4-15(10)24-18(13)22/h1-9H. The van der Waals surface area contributed by atoms with E-state index in [1.807, 2.05) is 0 Å². The molecule has 0 amide bonds. The number of benzene rings is 2. The van der Waals surface area contributed by atoms with Gasteiger partial charge >= 0.3 is 11.3 Å². The number of halogens is 1. The zero-order valence-corrected chi connectivity index (χ0v) is 13.4. The smallest absolute Gasteiger partial charge is 0.347 e. The van der Waals surface area contributed by atoms with Crippen LogP contribution >= 0.6 is 11.6 Å². The summed E-state index contributed by atoms with van der Waals surface area (Å²) >= 11 is 5.93. The lowest BCUT2D eigenvalue weighted by Gasteiger charge is -2.03. The first-order valence-electron chi connectivity index (χ1n) is 7.34. The van der Waals surface area contributed by atoms with Crippen LogP contribution in [0.3, 0.4) is 0 Å². The number of hydrogen-bond acceptors (Lipinski definition) is 5. The van der Waals surface area contributed by atoms with Crippen LogP contribution in [0.4, 0.5) is 0 Å². The second-order valence-electron chi connectivity index (χ2n) is 5.44. The number of carbonyl (C=O) groups is 1. The summed E-state index contributed by atoms with van der Waals surface area (Å²) in [7, 11) is 0. The Labute approximate surface area is 145 Å². The minimum absolute atomic E-state index is 0.229. The van der Waals surface area contributed by atoms with Crippen LogP contribution in [-0.2, 0) is 0 Å². The number of rotatable bonds is 2. The Hall–Kier alpha value is -3.18. The van der Waals surface area contributed by atoms with E-state index in [9.17, 15) is 14.4 Å². The van der Waals surface area contributed by atoms with E-state index in [0.717, 1.165) is 0 Å². The molecule has 0 fully saturated rings. The van der Waals surface area contributed by atoms with Crippen molar-refractivity contribution in [2.75, 3.05) is 0 Å². The third-order valence-electron chi connectivity index (χ3n) is 3.82. The molecule has 2 aromatic heterocycles. The fourth-order valence-corrected chi connectivity index (χ4v) is 2.80. The average molecular weight is 353 g/mol. The van der Waals surface area contributed by atoms with Crippen LogP contribution in [0, 0.1) is 0 Å². The van der Waals surface area contributed by atoms with E-state index in [0.29, 0.717) is 27.0 Å². The number of hydrogen-bond donors (Lipinski definition) is 0. The second-order valence-corrected chi connectivity index (χ2v) is 5.88. The fraction of sp³-hybridized carbons (Fsp3) is 0. The molecule has 0 aliphatic rings. The topological polar surface area (TPSA) is 77.5 Å². The zero-order valence-electron chi connectivity index (χ0n) is 12.6. The molecule has 6 heteroatoms. The molecule has 0 bridgehead atoms. The fourth-order valence-electron chi connectivity index (χ4n) is 2.62. The van der Waals surface area contributed by atoms with Gasteiger partial charge in [-0.1, -0.05) is 29.8 Å². The first kappa shape index (κ1) is 15.4. The van der Waals surface area contributed by atoms with Crippen molar-refractivity contribution < 1.29 is 13.6 Å². The van der Waals surface area contributed by atoms with Crippen molar-refractivity contribution in [3.05, 3.63) is 91.6 Å². The molecule has 0 spiro atoms. The van der Waals surface area contributed by atoms with Crippen LogP contribution in [0.2, 0.25) is 5.02 Å².